The molecule has 84 valence electrons. The van der Waals surface area contributed by atoms with Crippen LogP contribution in [0.15, 0.2) is 4.99 Å². The standard InChI is InChI=1S/C9H12Cl2N2O2/c1-8(2,3)15-6(14)9(4,5-12)13-7(10)11/h1-4H3. The molecule has 0 saturated carbocycles. The second kappa shape index (κ2) is 4.82. The van der Waals surface area contributed by atoms with Gasteiger partial charge in [0.25, 0.3) is 0 Å². The first-order valence-electron chi connectivity index (χ1n) is 4.16. The number of hydrogen-bond acceptors (Lipinski definition) is 4. The monoisotopic (exact) mass is 250 g/mol. The number of halogens is 2. The third-order valence-electron chi connectivity index (χ3n) is 1.32. The molecule has 0 rings (SSSR count). The van der Waals surface area contributed by atoms with Crippen molar-refractivity contribution in [3.05, 3.63) is 0 Å². The molecule has 0 aromatic rings. The Kier molecular flexibility index (Phi) is 4.57. The van der Waals surface area contributed by atoms with Gasteiger partial charge in [-0.1, -0.05) is 0 Å². The summed E-state index contributed by atoms with van der Waals surface area (Å²) in [7, 11) is 0. The van der Waals surface area contributed by atoms with E-state index in [2.05, 4.69) is 4.99 Å². The zero-order chi connectivity index (χ0) is 12.3. The van der Waals surface area contributed by atoms with E-state index >= 15 is 0 Å². The zero-order valence-electron chi connectivity index (χ0n) is 8.97. The fourth-order valence-corrected chi connectivity index (χ4v) is 1.00. The van der Waals surface area contributed by atoms with Gasteiger partial charge in [-0.25, -0.2) is 9.79 Å². The van der Waals surface area contributed by atoms with Gasteiger partial charge in [0, 0.05) is 0 Å². The van der Waals surface area contributed by atoms with Crippen molar-refractivity contribution in [3.63, 3.8) is 0 Å². The van der Waals surface area contributed by atoms with Gasteiger partial charge in [-0.2, -0.15) is 5.26 Å². The highest BCUT2D eigenvalue weighted by molar-refractivity contribution is 6.95. The molecule has 0 amide bonds. The molecule has 0 radical (unpaired) electrons. The van der Waals surface area contributed by atoms with Gasteiger partial charge in [0.15, 0.2) is 4.63 Å². The van der Waals surface area contributed by atoms with Gasteiger partial charge < -0.3 is 4.74 Å². The Balaban J connectivity index is 4.94. The van der Waals surface area contributed by atoms with Crippen molar-refractivity contribution in [2.24, 2.45) is 4.99 Å². The minimum absolute atomic E-state index is 0.384. The lowest BCUT2D eigenvalue weighted by molar-refractivity contribution is -0.158. The highest BCUT2D eigenvalue weighted by Gasteiger charge is 2.37. The minimum Gasteiger partial charge on any atom is -0.457 e. The third kappa shape index (κ3) is 5.01. The summed E-state index contributed by atoms with van der Waals surface area (Å²) >= 11 is 10.6. The summed E-state index contributed by atoms with van der Waals surface area (Å²) in [5, 5.41) is 8.83. The van der Waals surface area contributed by atoms with Crippen LogP contribution in [0.25, 0.3) is 0 Å². The molecule has 0 bridgehead atoms. The Labute approximate surface area is 98.8 Å². The van der Waals surface area contributed by atoms with Gasteiger partial charge in [0.05, 0.1) is 0 Å². The maximum Gasteiger partial charge on any atom is 0.349 e. The number of carbonyl (C=O) groups excluding carboxylic acids is 1. The number of nitrogens with zero attached hydrogens (tertiary/aromatic N) is 2. The summed E-state index contributed by atoms with van der Waals surface area (Å²) in [5.74, 6) is -0.781. The van der Waals surface area contributed by atoms with Gasteiger partial charge in [-0.15, -0.1) is 0 Å². The first kappa shape index (κ1) is 14.2. The van der Waals surface area contributed by atoms with Crippen molar-refractivity contribution in [2.45, 2.75) is 38.8 Å². The molecule has 15 heavy (non-hydrogen) atoms. The summed E-state index contributed by atoms with van der Waals surface area (Å²) in [6.07, 6.45) is 0. The first-order chi connectivity index (χ1) is 6.60. The third-order valence-corrected chi connectivity index (χ3v) is 1.49. The number of aliphatic imine (C=N–C) groups is 1. The van der Waals surface area contributed by atoms with Gasteiger partial charge in [0.1, 0.15) is 11.7 Å². The summed E-state index contributed by atoms with van der Waals surface area (Å²) < 4.78 is 4.62. The lowest BCUT2D eigenvalue weighted by Gasteiger charge is -2.24. The maximum atomic E-state index is 11.6. The van der Waals surface area contributed by atoms with Crippen LogP contribution in [0.1, 0.15) is 27.7 Å². The molecule has 0 aliphatic rings. The summed E-state index contributed by atoms with van der Waals surface area (Å²) in [6.45, 7) is 6.35. The van der Waals surface area contributed by atoms with Crippen molar-refractivity contribution in [3.8, 4) is 6.07 Å². The SMILES string of the molecule is CC(C)(C)OC(=O)C(C)(C#N)N=C(Cl)Cl. The molecular weight excluding hydrogens is 239 g/mol. The zero-order valence-corrected chi connectivity index (χ0v) is 10.5. The summed E-state index contributed by atoms with van der Waals surface area (Å²) in [6, 6.07) is 1.70. The van der Waals surface area contributed by atoms with Gasteiger partial charge in [-0.3, -0.25) is 0 Å². The average molecular weight is 251 g/mol. The van der Waals surface area contributed by atoms with Crippen LogP contribution in [0.4, 0.5) is 0 Å². The van der Waals surface area contributed by atoms with Crippen LogP contribution in [0.2, 0.25) is 0 Å². The average Bonchev–Trinajstić information content (AvgIpc) is 1.99. The molecule has 6 heteroatoms. The lowest BCUT2D eigenvalue weighted by atomic mass is 10.1. The van der Waals surface area contributed by atoms with E-state index in [4.69, 9.17) is 33.2 Å². The van der Waals surface area contributed by atoms with Crippen LogP contribution in [-0.4, -0.2) is 21.7 Å². The van der Waals surface area contributed by atoms with Crippen LogP contribution in [-0.2, 0) is 9.53 Å². The highest BCUT2D eigenvalue weighted by Crippen LogP contribution is 2.18. The Hall–Kier alpha value is -0.790. The molecule has 0 fully saturated rings. The molecule has 0 N–H and O–H groups in total. The number of hydrogen-bond donors (Lipinski definition) is 0. The predicted molar refractivity (Wildman–Crippen MR) is 59.0 cm³/mol. The Bertz CT molecular complexity index is 324. The van der Waals surface area contributed by atoms with Crippen molar-refractivity contribution in [1.82, 2.24) is 0 Å². The van der Waals surface area contributed by atoms with E-state index in [-0.39, 0.29) is 4.63 Å². The van der Waals surface area contributed by atoms with E-state index in [9.17, 15) is 4.79 Å². The van der Waals surface area contributed by atoms with E-state index in [0.29, 0.717) is 0 Å². The smallest absolute Gasteiger partial charge is 0.349 e. The molecule has 4 nitrogen and oxygen atoms in total. The highest BCUT2D eigenvalue weighted by atomic mass is 35.5. The van der Waals surface area contributed by atoms with Crippen molar-refractivity contribution in [1.29, 1.82) is 5.26 Å². The fourth-order valence-electron chi connectivity index (χ4n) is 0.663. The number of ether oxygens (including phenoxy) is 1. The Morgan fingerprint density at radius 2 is 1.80 bits per heavy atom. The van der Waals surface area contributed by atoms with Gasteiger partial charge in [0.2, 0.25) is 5.54 Å². The normalized spacial score (nSPS) is 14.7. The molecule has 0 saturated heterocycles. The molecule has 1 unspecified atom stereocenters. The molecule has 1 atom stereocenters. The fraction of sp³-hybridized carbons (Fsp3) is 0.667. The van der Waals surface area contributed by atoms with E-state index < -0.39 is 17.1 Å². The molecule has 0 aliphatic heterocycles. The Morgan fingerprint density at radius 1 is 1.33 bits per heavy atom. The first-order valence-corrected chi connectivity index (χ1v) is 4.92. The van der Waals surface area contributed by atoms with E-state index in [0.717, 1.165) is 0 Å². The van der Waals surface area contributed by atoms with Crippen LogP contribution < -0.4 is 0 Å². The molecule has 0 aromatic carbocycles. The molecular formula is C9H12Cl2N2O2. The largest absolute Gasteiger partial charge is 0.457 e. The minimum atomic E-state index is -1.70. The van der Waals surface area contributed by atoms with Crippen LogP contribution in [0.5, 0.6) is 0 Å². The van der Waals surface area contributed by atoms with Crippen LogP contribution >= 0.6 is 23.2 Å². The van der Waals surface area contributed by atoms with Crippen LogP contribution in [0.3, 0.4) is 0 Å². The Morgan fingerprint density at radius 3 is 2.07 bits per heavy atom. The second-order valence-corrected chi connectivity index (χ2v) is 4.95. The van der Waals surface area contributed by atoms with Crippen LogP contribution in [0, 0.1) is 11.3 Å². The van der Waals surface area contributed by atoms with E-state index in [1.165, 1.54) is 6.92 Å². The second-order valence-electron chi connectivity index (χ2n) is 4.04. The molecule has 0 aliphatic carbocycles. The van der Waals surface area contributed by atoms with E-state index in [1.54, 1.807) is 26.8 Å². The van der Waals surface area contributed by atoms with Crippen molar-refractivity contribution in [2.75, 3.05) is 0 Å². The summed E-state index contributed by atoms with van der Waals surface area (Å²) in [5.41, 5.74) is -2.39. The van der Waals surface area contributed by atoms with E-state index in [1.807, 2.05) is 0 Å². The predicted octanol–water partition coefficient (Wildman–Crippen LogP) is 2.44. The number of nitriles is 1. The molecule has 0 heterocycles. The topological polar surface area (TPSA) is 62.5 Å². The molecule has 0 aromatic heterocycles. The quantitative estimate of drug-likeness (QED) is 0.559. The maximum absolute atomic E-state index is 11.6. The summed E-state index contributed by atoms with van der Waals surface area (Å²) in [4.78, 5) is 15.1. The number of rotatable bonds is 2. The van der Waals surface area contributed by atoms with Gasteiger partial charge in [-0.05, 0) is 50.9 Å². The van der Waals surface area contributed by atoms with Gasteiger partial charge >= 0.3 is 5.97 Å². The molecule has 0 spiro atoms. The van der Waals surface area contributed by atoms with Crippen molar-refractivity contribution >= 4 is 33.8 Å². The van der Waals surface area contributed by atoms with Crippen molar-refractivity contribution < 1.29 is 9.53 Å². The number of carbonyl (C=O) groups is 1. The lowest BCUT2D eigenvalue weighted by Crippen LogP contribution is -2.38. The number of esters is 1.